The third kappa shape index (κ3) is 1.76. The van der Waals surface area contributed by atoms with Gasteiger partial charge in [-0.15, -0.1) is 0 Å². The van der Waals surface area contributed by atoms with Crippen molar-refractivity contribution in [2.75, 3.05) is 7.11 Å². The molecule has 0 radical (unpaired) electrons. The number of ether oxygens (including phenoxy) is 1. The number of hydrogen-bond donors (Lipinski definition) is 1. The molecule has 0 amide bonds. The average Bonchev–Trinajstić information content (AvgIpc) is 2.28. The largest absolute Gasteiger partial charge is 0.496 e. The maximum absolute atomic E-state index is 9.14. The summed E-state index contributed by atoms with van der Waals surface area (Å²) >= 11 is 6.02. The van der Waals surface area contributed by atoms with Gasteiger partial charge in [0.1, 0.15) is 5.75 Å². The highest BCUT2D eigenvalue weighted by atomic mass is 35.5. The van der Waals surface area contributed by atoms with Crippen molar-refractivity contribution in [2.24, 2.45) is 0 Å². The second-order valence-electron chi connectivity index (χ2n) is 3.13. The molecule has 1 aromatic heterocycles. The predicted octanol–water partition coefficient (Wildman–Crippen LogP) is 2.39. The number of nitrogens with zero attached hydrogens (tertiary/aromatic N) is 1. The number of benzene rings is 1. The van der Waals surface area contributed by atoms with Crippen molar-refractivity contribution in [3.8, 4) is 5.75 Å². The van der Waals surface area contributed by atoms with Gasteiger partial charge in [-0.2, -0.15) is 0 Å². The first-order chi connectivity index (χ1) is 7.26. The van der Waals surface area contributed by atoms with Gasteiger partial charge in [0.25, 0.3) is 0 Å². The van der Waals surface area contributed by atoms with E-state index in [2.05, 4.69) is 4.98 Å². The lowest BCUT2D eigenvalue weighted by atomic mass is 10.1. The molecule has 0 saturated heterocycles. The monoisotopic (exact) mass is 223 g/mol. The van der Waals surface area contributed by atoms with E-state index in [1.807, 2.05) is 0 Å². The number of hydrogen-bond acceptors (Lipinski definition) is 3. The summed E-state index contributed by atoms with van der Waals surface area (Å²) in [7, 11) is 1.56. The number of fused-ring (bicyclic) bond motifs is 1. The summed E-state index contributed by atoms with van der Waals surface area (Å²) in [4.78, 5) is 4.17. The van der Waals surface area contributed by atoms with E-state index in [1.165, 1.54) is 0 Å². The molecule has 78 valence electrons. The first-order valence-electron chi connectivity index (χ1n) is 4.48. The van der Waals surface area contributed by atoms with Crippen LogP contribution in [0.1, 0.15) is 5.56 Å². The molecular formula is C11H10ClNO2. The van der Waals surface area contributed by atoms with Crippen molar-refractivity contribution < 1.29 is 9.84 Å². The van der Waals surface area contributed by atoms with Crippen LogP contribution in [-0.2, 0) is 6.61 Å². The molecule has 0 bridgehead atoms. The van der Waals surface area contributed by atoms with Crippen LogP contribution in [0.2, 0.25) is 5.02 Å². The fourth-order valence-corrected chi connectivity index (χ4v) is 1.70. The Hall–Kier alpha value is -1.32. The van der Waals surface area contributed by atoms with E-state index in [4.69, 9.17) is 21.4 Å². The number of aliphatic hydroxyl groups is 1. The molecule has 1 N–H and O–H groups in total. The van der Waals surface area contributed by atoms with Gasteiger partial charge in [-0.1, -0.05) is 11.6 Å². The molecule has 2 aromatic rings. The number of halogens is 1. The van der Waals surface area contributed by atoms with E-state index in [0.717, 1.165) is 10.9 Å². The van der Waals surface area contributed by atoms with Crippen LogP contribution in [-0.4, -0.2) is 17.2 Å². The summed E-state index contributed by atoms with van der Waals surface area (Å²) in [6.07, 6.45) is 1.64. The molecule has 15 heavy (non-hydrogen) atoms. The average molecular weight is 224 g/mol. The second kappa shape index (κ2) is 4.04. The van der Waals surface area contributed by atoms with Crippen LogP contribution in [0.15, 0.2) is 24.4 Å². The van der Waals surface area contributed by atoms with Gasteiger partial charge in [-0.3, -0.25) is 4.98 Å². The van der Waals surface area contributed by atoms with Crippen LogP contribution in [0.25, 0.3) is 10.9 Å². The number of methoxy groups -OCH3 is 1. The van der Waals surface area contributed by atoms with Crippen LogP contribution in [0.5, 0.6) is 5.75 Å². The summed E-state index contributed by atoms with van der Waals surface area (Å²) in [5.74, 6) is 0.625. The fourth-order valence-electron chi connectivity index (χ4n) is 1.50. The van der Waals surface area contributed by atoms with Gasteiger partial charge in [-0.05, 0) is 18.2 Å². The van der Waals surface area contributed by atoms with Gasteiger partial charge >= 0.3 is 0 Å². The molecule has 2 rings (SSSR count). The zero-order valence-electron chi connectivity index (χ0n) is 8.20. The van der Waals surface area contributed by atoms with Crippen molar-refractivity contribution >= 4 is 22.5 Å². The zero-order chi connectivity index (χ0) is 10.8. The molecule has 0 aliphatic rings. The first kappa shape index (κ1) is 10.2. The van der Waals surface area contributed by atoms with Crippen LogP contribution in [0.4, 0.5) is 0 Å². The number of aromatic nitrogens is 1. The van der Waals surface area contributed by atoms with Crippen molar-refractivity contribution in [1.82, 2.24) is 4.98 Å². The zero-order valence-corrected chi connectivity index (χ0v) is 8.95. The summed E-state index contributed by atoms with van der Waals surface area (Å²) in [5, 5.41) is 10.6. The molecule has 3 nitrogen and oxygen atoms in total. The van der Waals surface area contributed by atoms with Gasteiger partial charge in [0.15, 0.2) is 0 Å². The molecule has 0 fully saturated rings. The van der Waals surface area contributed by atoms with Crippen molar-refractivity contribution in [3.05, 3.63) is 35.0 Å². The number of rotatable bonds is 2. The molecule has 0 saturated carbocycles. The van der Waals surface area contributed by atoms with Crippen molar-refractivity contribution in [1.29, 1.82) is 0 Å². The highest BCUT2D eigenvalue weighted by Gasteiger charge is 2.07. The minimum atomic E-state index is -0.0761. The van der Waals surface area contributed by atoms with E-state index in [1.54, 1.807) is 31.5 Å². The molecule has 0 atom stereocenters. The standard InChI is InChI=1S/C11H10ClNO2/c1-15-11-5-8-9(12)2-3-13-10(8)4-7(11)6-14/h2-5,14H,6H2,1H3. The minimum absolute atomic E-state index is 0.0761. The molecule has 0 spiro atoms. The highest BCUT2D eigenvalue weighted by molar-refractivity contribution is 6.35. The van der Waals surface area contributed by atoms with E-state index < -0.39 is 0 Å². The number of aliphatic hydroxyl groups excluding tert-OH is 1. The Morgan fingerprint density at radius 2 is 2.27 bits per heavy atom. The molecule has 1 heterocycles. The van der Waals surface area contributed by atoms with Gasteiger partial charge < -0.3 is 9.84 Å². The van der Waals surface area contributed by atoms with Gasteiger partial charge in [0.2, 0.25) is 0 Å². The molecule has 4 heteroatoms. The minimum Gasteiger partial charge on any atom is -0.496 e. The third-order valence-corrected chi connectivity index (χ3v) is 2.59. The van der Waals surface area contributed by atoms with E-state index >= 15 is 0 Å². The number of pyridine rings is 1. The lowest BCUT2D eigenvalue weighted by molar-refractivity contribution is 0.274. The Morgan fingerprint density at radius 1 is 1.47 bits per heavy atom. The predicted molar refractivity (Wildman–Crippen MR) is 59.2 cm³/mol. The fraction of sp³-hybridized carbons (Fsp3) is 0.182. The van der Waals surface area contributed by atoms with Gasteiger partial charge in [0.05, 0.1) is 24.3 Å². The summed E-state index contributed by atoms with van der Waals surface area (Å²) in [6.45, 7) is -0.0761. The summed E-state index contributed by atoms with van der Waals surface area (Å²) < 4.78 is 5.15. The molecular weight excluding hydrogens is 214 g/mol. The maximum atomic E-state index is 9.14. The van der Waals surface area contributed by atoms with Crippen LogP contribution < -0.4 is 4.74 Å². The second-order valence-corrected chi connectivity index (χ2v) is 3.54. The van der Waals surface area contributed by atoms with E-state index in [0.29, 0.717) is 16.3 Å². The van der Waals surface area contributed by atoms with E-state index in [9.17, 15) is 0 Å². The molecule has 0 aliphatic carbocycles. The molecule has 0 unspecified atom stereocenters. The third-order valence-electron chi connectivity index (χ3n) is 2.26. The quantitative estimate of drug-likeness (QED) is 0.850. The molecule has 0 aliphatic heterocycles. The van der Waals surface area contributed by atoms with Crippen molar-refractivity contribution in [3.63, 3.8) is 0 Å². The normalized spacial score (nSPS) is 10.6. The summed E-state index contributed by atoms with van der Waals surface area (Å²) in [5.41, 5.74) is 1.46. The van der Waals surface area contributed by atoms with E-state index in [-0.39, 0.29) is 6.61 Å². The summed E-state index contributed by atoms with van der Waals surface area (Å²) in [6, 6.07) is 5.29. The Labute approximate surface area is 92.3 Å². The Balaban J connectivity index is 2.75. The Morgan fingerprint density at radius 3 is 2.93 bits per heavy atom. The maximum Gasteiger partial charge on any atom is 0.125 e. The molecule has 1 aromatic carbocycles. The van der Waals surface area contributed by atoms with Gasteiger partial charge in [-0.25, -0.2) is 0 Å². The SMILES string of the molecule is COc1cc2c(Cl)ccnc2cc1CO. The van der Waals surface area contributed by atoms with Crippen LogP contribution in [0.3, 0.4) is 0 Å². The lowest BCUT2D eigenvalue weighted by Crippen LogP contribution is -1.93. The highest BCUT2D eigenvalue weighted by Crippen LogP contribution is 2.29. The smallest absolute Gasteiger partial charge is 0.125 e. The van der Waals surface area contributed by atoms with Gasteiger partial charge in [0, 0.05) is 17.1 Å². The Bertz CT molecular complexity index is 499. The topological polar surface area (TPSA) is 42.4 Å². The first-order valence-corrected chi connectivity index (χ1v) is 4.86. The van der Waals surface area contributed by atoms with Crippen LogP contribution >= 0.6 is 11.6 Å². The van der Waals surface area contributed by atoms with Crippen molar-refractivity contribution in [2.45, 2.75) is 6.61 Å². The Kier molecular flexibility index (Phi) is 2.75. The lowest BCUT2D eigenvalue weighted by Gasteiger charge is -2.08. The van der Waals surface area contributed by atoms with Crippen LogP contribution in [0, 0.1) is 0 Å².